The summed E-state index contributed by atoms with van der Waals surface area (Å²) in [6.45, 7) is 7.88. The van der Waals surface area contributed by atoms with Gasteiger partial charge in [0.05, 0.1) is 29.0 Å². The molecule has 4 rings (SSSR count). The predicted octanol–water partition coefficient (Wildman–Crippen LogP) is 5.41. The first-order valence-corrected chi connectivity index (χ1v) is 12.7. The van der Waals surface area contributed by atoms with Crippen LogP contribution in [-0.2, 0) is 11.0 Å². The molecule has 3 aromatic carbocycles. The second kappa shape index (κ2) is 8.58. The molecule has 0 saturated heterocycles. The summed E-state index contributed by atoms with van der Waals surface area (Å²) in [5.41, 5.74) is 1.39. The van der Waals surface area contributed by atoms with Gasteiger partial charge in [0, 0.05) is 12.6 Å². The molecule has 160 valence electrons. The van der Waals surface area contributed by atoms with Crippen LogP contribution in [0.3, 0.4) is 0 Å². The summed E-state index contributed by atoms with van der Waals surface area (Å²) in [5.74, 6) is -0.456. The summed E-state index contributed by atoms with van der Waals surface area (Å²) >= 11 is 6.00. The Bertz CT molecular complexity index is 1130. The van der Waals surface area contributed by atoms with Crippen molar-refractivity contribution in [1.82, 2.24) is 9.55 Å². The van der Waals surface area contributed by atoms with Gasteiger partial charge in [0.2, 0.25) is 0 Å². The van der Waals surface area contributed by atoms with Crippen LogP contribution in [0.5, 0.6) is 0 Å². The van der Waals surface area contributed by atoms with E-state index in [1.807, 2.05) is 16.7 Å². The van der Waals surface area contributed by atoms with Crippen LogP contribution in [0.2, 0.25) is 10.1 Å². The van der Waals surface area contributed by atoms with Crippen LogP contribution in [0.4, 0.5) is 4.39 Å². The highest BCUT2D eigenvalue weighted by atomic mass is 35.5. The highest BCUT2D eigenvalue weighted by molar-refractivity contribution is 6.99. The number of rotatable bonds is 6. The largest absolute Gasteiger partial charge is 0.406 e. The van der Waals surface area contributed by atoms with E-state index in [0.717, 1.165) is 5.52 Å². The van der Waals surface area contributed by atoms with Crippen LogP contribution in [0.25, 0.3) is 11.0 Å². The molecule has 31 heavy (non-hydrogen) atoms. The molecule has 0 saturated carbocycles. The molecule has 1 heterocycles. The quantitative estimate of drug-likeness (QED) is 0.366. The summed E-state index contributed by atoms with van der Waals surface area (Å²) < 4.78 is 22.7. The van der Waals surface area contributed by atoms with Gasteiger partial charge in [-0.1, -0.05) is 93.0 Å². The lowest BCUT2D eigenvalue weighted by atomic mass is 10.2. The molecule has 0 aliphatic carbocycles. The molecule has 0 radical (unpaired) electrons. The van der Waals surface area contributed by atoms with Gasteiger partial charge >= 0.3 is 0 Å². The molecule has 1 aromatic heterocycles. The number of benzene rings is 3. The van der Waals surface area contributed by atoms with E-state index in [0.29, 0.717) is 18.7 Å². The average Bonchev–Trinajstić information content (AvgIpc) is 3.13. The Kier molecular flexibility index (Phi) is 6.02. The van der Waals surface area contributed by atoms with Crippen LogP contribution in [0, 0.1) is 5.82 Å². The van der Waals surface area contributed by atoms with E-state index in [1.54, 1.807) is 12.4 Å². The molecule has 0 N–H and O–H groups in total. The number of hydrogen-bond donors (Lipinski definition) is 0. The minimum absolute atomic E-state index is 0.0842. The highest BCUT2D eigenvalue weighted by Gasteiger charge is 2.50. The van der Waals surface area contributed by atoms with E-state index in [-0.39, 0.29) is 10.1 Å². The van der Waals surface area contributed by atoms with Crippen molar-refractivity contribution in [2.75, 3.05) is 6.61 Å². The zero-order valence-corrected chi connectivity index (χ0v) is 19.7. The van der Waals surface area contributed by atoms with Crippen LogP contribution in [0.15, 0.2) is 79.1 Å². The Balaban J connectivity index is 1.70. The lowest BCUT2D eigenvalue weighted by Gasteiger charge is -2.43. The summed E-state index contributed by atoms with van der Waals surface area (Å²) in [6.07, 6.45) is 1.72. The average molecular weight is 453 g/mol. The maximum atomic E-state index is 13.8. The van der Waals surface area contributed by atoms with E-state index < -0.39 is 14.1 Å². The molecule has 0 aliphatic heterocycles. The Hall–Kier alpha value is -2.47. The van der Waals surface area contributed by atoms with Crippen molar-refractivity contribution >= 4 is 41.3 Å². The Morgan fingerprint density at radius 3 is 2.10 bits per heavy atom. The van der Waals surface area contributed by atoms with Crippen molar-refractivity contribution in [2.24, 2.45) is 0 Å². The molecular formula is C25H26ClFN2OSi. The SMILES string of the molecule is CC(C)(C)[Si](OCCn1cnc2cc(F)c(Cl)cc21)(c1ccccc1)c1ccccc1. The third-order valence-corrected chi connectivity index (χ3v) is 11.1. The Labute approximate surface area is 188 Å². The van der Waals surface area contributed by atoms with E-state index in [4.69, 9.17) is 16.0 Å². The van der Waals surface area contributed by atoms with Gasteiger partial charge in [-0.05, 0) is 21.5 Å². The minimum Gasteiger partial charge on any atom is -0.406 e. The number of nitrogens with zero attached hydrogens (tertiary/aromatic N) is 2. The smallest absolute Gasteiger partial charge is 0.261 e. The summed E-state index contributed by atoms with van der Waals surface area (Å²) in [5, 5.41) is 2.50. The van der Waals surface area contributed by atoms with E-state index in [9.17, 15) is 4.39 Å². The lowest BCUT2D eigenvalue weighted by Crippen LogP contribution is -2.66. The van der Waals surface area contributed by atoms with Crippen molar-refractivity contribution in [2.45, 2.75) is 32.4 Å². The molecule has 3 nitrogen and oxygen atoms in total. The normalized spacial score (nSPS) is 12.4. The second-order valence-corrected chi connectivity index (χ2v) is 13.4. The van der Waals surface area contributed by atoms with Gasteiger partial charge in [0.15, 0.2) is 0 Å². The van der Waals surface area contributed by atoms with Crippen molar-refractivity contribution in [3.63, 3.8) is 0 Å². The van der Waals surface area contributed by atoms with Gasteiger partial charge in [0.25, 0.3) is 8.32 Å². The molecule has 0 aliphatic rings. The summed E-state index contributed by atoms with van der Waals surface area (Å²) in [7, 11) is -2.59. The van der Waals surface area contributed by atoms with Gasteiger partial charge < -0.3 is 8.99 Å². The van der Waals surface area contributed by atoms with Gasteiger partial charge in [0.1, 0.15) is 5.82 Å². The minimum atomic E-state index is -2.59. The van der Waals surface area contributed by atoms with Crippen molar-refractivity contribution in [3.05, 3.63) is 90.0 Å². The fourth-order valence-corrected chi connectivity index (χ4v) is 9.00. The van der Waals surface area contributed by atoms with Gasteiger partial charge in [-0.2, -0.15) is 0 Å². The molecule has 0 amide bonds. The number of fused-ring (bicyclic) bond motifs is 1. The van der Waals surface area contributed by atoms with Gasteiger partial charge in [-0.15, -0.1) is 0 Å². The topological polar surface area (TPSA) is 27.1 Å². The van der Waals surface area contributed by atoms with E-state index >= 15 is 0 Å². The predicted molar refractivity (Wildman–Crippen MR) is 128 cm³/mol. The van der Waals surface area contributed by atoms with Crippen LogP contribution < -0.4 is 10.4 Å². The zero-order chi connectivity index (χ0) is 22.1. The number of halogens is 2. The van der Waals surface area contributed by atoms with Crippen LogP contribution in [-0.4, -0.2) is 24.5 Å². The molecule has 0 unspecified atom stereocenters. The molecule has 4 aromatic rings. The summed E-state index contributed by atoms with van der Waals surface area (Å²) in [6, 6.07) is 24.1. The Morgan fingerprint density at radius 1 is 0.968 bits per heavy atom. The first-order valence-electron chi connectivity index (χ1n) is 10.4. The van der Waals surface area contributed by atoms with E-state index in [1.165, 1.54) is 16.4 Å². The van der Waals surface area contributed by atoms with Crippen molar-refractivity contribution in [3.8, 4) is 0 Å². The third-order valence-electron chi connectivity index (χ3n) is 5.73. The standard InChI is InChI=1S/C25H26ClFN2OSi/c1-25(2,3)31(19-10-6-4-7-11-19,20-12-8-5-9-13-20)30-15-14-29-18-28-23-17-22(27)21(26)16-24(23)29/h4-13,16-18H,14-15H2,1-3H3. The Morgan fingerprint density at radius 2 is 1.55 bits per heavy atom. The third kappa shape index (κ3) is 4.05. The maximum Gasteiger partial charge on any atom is 0.261 e. The fourth-order valence-electron chi connectivity index (χ4n) is 4.29. The maximum absolute atomic E-state index is 13.8. The molecule has 0 bridgehead atoms. The second-order valence-electron chi connectivity index (χ2n) is 8.70. The first-order chi connectivity index (χ1) is 14.8. The molecule has 0 spiro atoms. The monoisotopic (exact) mass is 452 g/mol. The fraction of sp³-hybridized carbons (Fsp3) is 0.240. The zero-order valence-electron chi connectivity index (χ0n) is 18.0. The number of aromatic nitrogens is 2. The van der Waals surface area contributed by atoms with Gasteiger partial charge in [-0.25, -0.2) is 9.37 Å². The number of imidazole rings is 1. The molecule has 0 fully saturated rings. The van der Waals surface area contributed by atoms with Crippen LogP contribution in [0.1, 0.15) is 20.8 Å². The van der Waals surface area contributed by atoms with E-state index in [2.05, 4.69) is 74.3 Å². The molecular weight excluding hydrogens is 427 g/mol. The van der Waals surface area contributed by atoms with Crippen LogP contribution >= 0.6 is 11.6 Å². The first kappa shape index (κ1) is 21.7. The lowest BCUT2D eigenvalue weighted by molar-refractivity contribution is 0.282. The van der Waals surface area contributed by atoms with Crippen molar-refractivity contribution in [1.29, 1.82) is 0 Å². The number of hydrogen-bond acceptors (Lipinski definition) is 2. The van der Waals surface area contributed by atoms with Gasteiger partial charge in [-0.3, -0.25) is 0 Å². The molecule has 6 heteroatoms. The molecule has 0 atom stereocenters. The highest BCUT2D eigenvalue weighted by Crippen LogP contribution is 2.36. The summed E-state index contributed by atoms with van der Waals surface area (Å²) in [4.78, 5) is 4.32. The van der Waals surface area contributed by atoms with Crippen molar-refractivity contribution < 1.29 is 8.82 Å².